The molecule has 0 aromatic carbocycles. The summed E-state index contributed by atoms with van der Waals surface area (Å²) in [4.78, 5) is 0. The maximum atomic E-state index is 5.08. The fourth-order valence-electron chi connectivity index (χ4n) is 0.0680. The van der Waals surface area contributed by atoms with Gasteiger partial charge in [-0.05, 0) is 23.8 Å². The predicted molar refractivity (Wildman–Crippen MR) is 66.2 cm³/mol. The highest BCUT2D eigenvalue weighted by atomic mass is 33.1. The van der Waals surface area contributed by atoms with Gasteiger partial charge in [-0.15, -0.1) is 10.8 Å². The van der Waals surface area contributed by atoms with Gasteiger partial charge in [-0.25, -0.2) is 0 Å². The lowest BCUT2D eigenvalue weighted by Crippen LogP contribution is -1.62. The Morgan fingerprint density at radius 2 is 1.60 bits per heavy atom. The molecule has 0 aromatic rings. The van der Waals surface area contributed by atoms with Crippen LogP contribution in [0.2, 0.25) is 0 Å². The number of rotatable bonds is 2. The third-order valence-electron chi connectivity index (χ3n) is 0.186. The molecule has 0 N–H and O–H groups in total. The summed E-state index contributed by atoms with van der Waals surface area (Å²) >= 11 is 7.09. The normalized spacial score (nSPS) is 6.40. The van der Waals surface area contributed by atoms with Crippen LogP contribution in [0.5, 0.6) is 0 Å². The molecular weight excluding hydrogens is 198 g/mol. The molecule has 0 saturated heterocycles. The molecule has 0 saturated carbocycles. The van der Waals surface area contributed by atoms with Crippen molar-refractivity contribution >= 4 is 62.5 Å². The average Bonchev–Trinajstić information content (AvgIpc) is 1.96. The SMILES string of the molecule is CS.[B]CS.[B]CSSC. The topological polar surface area (TPSA) is 0 Å². The van der Waals surface area contributed by atoms with E-state index < -0.39 is 0 Å². The van der Waals surface area contributed by atoms with Gasteiger partial charge in [0.2, 0.25) is 0 Å². The zero-order chi connectivity index (χ0) is 8.83. The van der Waals surface area contributed by atoms with Crippen molar-refractivity contribution in [1.29, 1.82) is 0 Å². The lowest BCUT2D eigenvalue weighted by atomic mass is 10.2. The van der Waals surface area contributed by atoms with E-state index in [2.05, 4.69) is 25.3 Å². The fourth-order valence-corrected chi connectivity index (χ4v) is 0.612. The van der Waals surface area contributed by atoms with Crippen molar-refractivity contribution in [3.63, 3.8) is 0 Å². The van der Waals surface area contributed by atoms with Gasteiger partial charge in [0.25, 0.3) is 0 Å². The summed E-state index contributed by atoms with van der Waals surface area (Å²) in [7, 11) is 13.1. The van der Waals surface area contributed by atoms with Gasteiger partial charge in [0.05, 0.1) is 15.7 Å². The van der Waals surface area contributed by atoms with Gasteiger partial charge in [-0.2, -0.15) is 25.3 Å². The highest BCUT2D eigenvalue weighted by Crippen LogP contribution is 2.12. The molecule has 0 aliphatic rings. The van der Waals surface area contributed by atoms with E-state index in [4.69, 9.17) is 15.7 Å². The molecule has 0 fully saturated rings. The minimum Gasteiger partial charge on any atom is -0.189 e. The van der Waals surface area contributed by atoms with E-state index in [1.54, 1.807) is 27.8 Å². The molecule has 0 heterocycles. The van der Waals surface area contributed by atoms with Crippen LogP contribution in [0.15, 0.2) is 0 Å². The average molecular weight is 210 g/mol. The smallest absolute Gasteiger partial charge is 0.0811 e. The first-order valence-corrected chi connectivity index (χ1v) is 6.70. The Hall–Kier alpha value is 1.53. The molecule has 0 aliphatic heterocycles. The standard InChI is InChI=1S/C2H5BS2.CH3BS.CH4S/c1-4-5-2-3;2-1-3;1-2/h2H2,1H3;3H,1H2;2H,1H3. The molecule has 0 amide bonds. The summed E-state index contributed by atoms with van der Waals surface area (Å²) in [5.74, 6) is 0. The van der Waals surface area contributed by atoms with E-state index in [0.29, 0.717) is 5.65 Å². The van der Waals surface area contributed by atoms with E-state index in [1.807, 2.05) is 6.26 Å². The molecule has 0 bridgehead atoms. The van der Waals surface area contributed by atoms with Crippen molar-refractivity contribution in [2.24, 2.45) is 0 Å². The first-order valence-electron chi connectivity index (χ1n) is 2.44. The second-order valence-corrected chi connectivity index (χ2v) is 3.61. The molecule has 58 valence electrons. The van der Waals surface area contributed by atoms with Gasteiger partial charge in [-0.1, -0.05) is 10.8 Å². The summed E-state index contributed by atoms with van der Waals surface area (Å²) in [5.41, 5.74) is 1.17. The highest BCUT2D eigenvalue weighted by molar-refractivity contribution is 8.76. The van der Waals surface area contributed by atoms with Crippen LogP contribution >= 0.6 is 46.8 Å². The van der Waals surface area contributed by atoms with Crippen molar-refractivity contribution in [1.82, 2.24) is 0 Å². The fraction of sp³-hybridized carbons (Fsp3) is 1.00. The zero-order valence-electron chi connectivity index (χ0n) is 6.28. The van der Waals surface area contributed by atoms with Crippen LogP contribution in [0.1, 0.15) is 0 Å². The van der Waals surface area contributed by atoms with Crippen LogP contribution in [0.25, 0.3) is 0 Å². The van der Waals surface area contributed by atoms with E-state index in [-0.39, 0.29) is 0 Å². The maximum Gasteiger partial charge on any atom is 0.0811 e. The van der Waals surface area contributed by atoms with E-state index in [9.17, 15) is 0 Å². The van der Waals surface area contributed by atoms with E-state index in [0.717, 1.165) is 5.65 Å². The minimum absolute atomic E-state index is 0.444. The van der Waals surface area contributed by atoms with Gasteiger partial charge in [0, 0.05) is 0 Å². The highest BCUT2D eigenvalue weighted by Gasteiger charge is 1.68. The second kappa shape index (κ2) is 31.3. The number of hydrogen-bond acceptors (Lipinski definition) is 4. The van der Waals surface area contributed by atoms with Gasteiger partial charge < -0.3 is 0 Å². The molecule has 6 heteroatoms. The van der Waals surface area contributed by atoms with Crippen LogP contribution in [-0.2, 0) is 0 Å². The van der Waals surface area contributed by atoms with Crippen LogP contribution < -0.4 is 0 Å². The van der Waals surface area contributed by atoms with Crippen LogP contribution in [0.3, 0.4) is 0 Å². The summed E-state index contributed by atoms with van der Waals surface area (Å²) in [6.45, 7) is 0. The van der Waals surface area contributed by atoms with Crippen molar-refractivity contribution in [2.45, 2.75) is 0 Å². The Morgan fingerprint density at radius 3 is 1.60 bits per heavy atom. The molecule has 0 rings (SSSR count). The quantitative estimate of drug-likeness (QED) is 0.404. The Kier molecular flexibility index (Phi) is 54.9. The van der Waals surface area contributed by atoms with Gasteiger partial charge in [0.1, 0.15) is 0 Å². The summed E-state index contributed by atoms with van der Waals surface area (Å²) < 4.78 is 0. The molecule has 0 nitrogen and oxygen atoms in total. The number of hydrogen-bond donors (Lipinski definition) is 2. The van der Waals surface area contributed by atoms with Crippen LogP contribution in [-0.4, -0.2) is 39.5 Å². The molecule has 10 heavy (non-hydrogen) atoms. The Bertz CT molecular complexity index is 29.2. The van der Waals surface area contributed by atoms with Crippen molar-refractivity contribution in [3.8, 4) is 0 Å². The van der Waals surface area contributed by atoms with Crippen LogP contribution in [0, 0.1) is 0 Å². The minimum atomic E-state index is 0.444. The van der Waals surface area contributed by atoms with E-state index >= 15 is 0 Å². The lowest BCUT2D eigenvalue weighted by Gasteiger charge is -1.80. The molecule has 0 aromatic heterocycles. The molecule has 0 atom stereocenters. The molecule has 4 radical (unpaired) electrons. The second-order valence-electron chi connectivity index (χ2n) is 0.634. The summed E-state index contributed by atoms with van der Waals surface area (Å²) in [6, 6.07) is 0. The van der Waals surface area contributed by atoms with Crippen molar-refractivity contribution in [3.05, 3.63) is 0 Å². The summed E-state index contributed by atoms with van der Waals surface area (Å²) in [6.07, 6.45) is 3.71. The predicted octanol–water partition coefficient (Wildman–Crippen LogP) is 1.71. The molecule has 0 unspecified atom stereocenters. The van der Waals surface area contributed by atoms with Crippen molar-refractivity contribution in [2.75, 3.05) is 23.8 Å². The largest absolute Gasteiger partial charge is 0.189 e. The molecule has 0 aliphatic carbocycles. The maximum absolute atomic E-state index is 5.08. The van der Waals surface area contributed by atoms with Gasteiger partial charge in [-0.3, -0.25) is 0 Å². The molecule has 0 spiro atoms. The summed E-state index contributed by atoms with van der Waals surface area (Å²) in [5, 5.41) is 0. The first kappa shape index (κ1) is 17.6. The van der Waals surface area contributed by atoms with Crippen molar-refractivity contribution < 1.29 is 0 Å². The lowest BCUT2D eigenvalue weighted by molar-refractivity contribution is 2.27. The molecular formula is C4H12B2S4. The Balaban J connectivity index is -0.0000000847. The van der Waals surface area contributed by atoms with Crippen LogP contribution in [0.4, 0.5) is 0 Å². The zero-order valence-corrected chi connectivity index (χ0v) is 9.70. The van der Waals surface area contributed by atoms with Gasteiger partial charge >= 0.3 is 0 Å². The Morgan fingerprint density at radius 1 is 1.30 bits per heavy atom. The third kappa shape index (κ3) is 55.6. The first-order chi connectivity index (χ1) is 4.83. The number of thiol groups is 2. The third-order valence-corrected chi connectivity index (χ3v) is 1.67. The monoisotopic (exact) mass is 210 g/mol. The Labute approximate surface area is 86.1 Å². The van der Waals surface area contributed by atoms with Gasteiger partial charge in [0.15, 0.2) is 0 Å². The van der Waals surface area contributed by atoms with E-state index in [1.165, 1.54) is 0 Å².